The monoisotopic (exact) mass is 1070 g/mol. The van der Waals surface area contributed by atoms with Gasteiger partial charge in [0.25, 0.3) is 22.9 Å². The van der Waals surface area contributed by atoms with Crippen molar-refractivity contribution in [2.75, 3.05) is 53.2 Å². The molecule has 7 heterocycles. The summed E-state index contributed by atoms with van der Waals surface area (Å²) in [6.07, 6.45) is 5.54. The third-order valence-corrected chi connectivity index (χ3v) is 12.2. The number of aromatic hydroxyl groups is 1. The van der Waals surface area contributed by atoms with Crippen LogP contribution in [0.2, 0.25) is 0 Å². The molecule has 22 heteroatoms. The molecule has 0 radical (unpaired) electrons. The van der Waals surface area contributed by atoms with E-state index in [-0.39, 0.29) is 105 Å². The summed E-state index contributed by atoms with van der Waals surface area (Å²) >= 11 is 0. The summed E-state index contributed by atoms with van der Waals surface area (Å²) in [5.41, 5.74) is 0.848. The third kappa shape index (κ3) is 11.6. The Hall–Kier alpha value is -9.28. The molecule has 406 valence electrons. The van der Waals surface area contributed by atoms with Gasteiger partial charge in [-0.15, -0.1) is 0 Å². The number of ether oxygens (including phenoxy) is 6. The molecule has 3 aromatic carbocycles. The lowest BCUT2D eigenvalue weighted by molar-refractivity contribution is -0.135. The topological polar surface area (TPSA) is 249 Å². The van der Waals surface area contributed by atoms with E-state index in [9.17, 15) is 47.8 Å². The van der Waals surface area contributed by atoms with E-state index >= 15 is 0 Å². The van der Waals surface area contributed by atoms with Gasteiger partial charge < -0.3 is 48.9 Å². The maximum absolute atomic E-state index is 13.6. The van der Waals surface area contributed by atoms with Crippen molar-refractivity contribution in [3.8, 4) is 23.0 Å². The molecule has 3 N–H and O–H groups in total. The molecule has 10 rings (SSSR count). The maximum Gasteiger partial charge on any atom is 0.373 e. The summed E-state index contributed by atoms with van der Waals surface area (Å²) < 4.78 is 62.2. The molecule has 1 saturated heterocycles. The van der Waals surface area contributed by atoms with Gasteiger partial charge in [0.2, 0.25) is 11.5 Å². The molecular formula is C56H54F2N6O14. The highest BCUT2D eigenvalue weighted by atomic mass is 19.1. The van der Waals surface area contributed by atoms with E-state index in [4.69, 9.17) is 28.4 Å². The summed E-state index contributed by atoms with van der Waals surface area (Å²) in [5, 5.41) is 23.1. The fraction of sp³-hybridized carbons (Fsp3) is 0.250. The molecule has 1 fully saturated rings. The maximum atomic E-state index is 13.6. The number of hydrogen-bond donors (Lipinski definition) is 3. The number of rotatable bonds is 15. The van der Waals surface area contributed by atoms with Gasteiger partial charge in [-0.25, -0.2) is 18.4 Å². The summed E-state index contributed by atoms with van der Waals surface area (Å²) in [6.45, 7) is 3.36. The predicted octanol–water partition coefficient (Wildman–Crippen LogP) is 6.69. The van der Waals surface area contributed by atoms with Gasteiger partial charge in [0, 0.05) is 63.1 Å². The number of morpholine rings is 1. The Morgan fingerprint density at radius 1 is 0.731 bits per heavy atom. The van der Waals surface area contributed by atoms with E-state index in [2.05, 4.69) is 15.3 Å². The number of hydrogen-bond acceptors (Lipinski definition) is 15. The summed E-state index contributed by atoms with van der Waals surface area (Å²) in [6, 6.07) is 20.7. The number of carbonyl (C=O) groups is 4. The number of carbonyl (C=O) groups excluding carboxylic acids is 3. The van der Waals surface area contributed by atoms with E-state index < -0.39 is 63.3 Å². The molecule has 3 aliphatic heterocycles. The van der Waals surface area contributed by atoms with Crippen LogP contribution in [0.25, 0.3) is 34.5 Å². The number of carboxylic acids is 1. The van der Waals surface area contributed by atoms with Gasteiger partial charge in [0.1, 0.15) is 45.9 Å². The van der Waals surface area contributed by atoms with E-state index in [1.807, 2.05) is 30.3 Å². The Morgan fingerprint density at radius 3 is 1.83 bits per heavy atom. The van der Waals surface area contributed by atoms with E-state index in [0.29, 0.717) is 43.0 Å². The quantitative estimate of drug-likeness (QED) is 0.0715. The van der Waals surface area contributed by atoms with Crippen molar-refractivity contribution in [1.29, 1.82) is 0 Å². The van der Waals surface area contributed by atoms with Crippen LogP contribution in [0.5, 0.6) is 23.0 Å². The zero-order chi connectivity index (χ0) is 53.6. The Balaban J connectivity index is 0.000000220. The standard InChI is InChI=1S/C28H21FN2O7.C26H25FN4O7.2CH4/c1-2-36-28(35)21-25(37-15-17-6-4-3-5-7-17)22-23-24(38-20(27(33)34)14-31(23)26(21)32)18(13-30-22)12-16-8-10-19(29)11-9-16;1-36-9-6-28-24(33)19-22(32)20-21-23(16(13-29-20)12-15-2-4-17(27)5-3-15)38-18(14-31(21)26(19)35)25(34)30-7-10-37-11-8-30;;/h3-11,13-14H,2,12,15H2,1H3,(H,33,34);2-5,13-14,32H,6-12H2,1H3,(H,28,33);2*1H4. The molecule has 20 nitrogen and oxygen atoms in total. The second-order valence-electron chi connectivity index (χ2n) is 17.1. The molecule has 0 spiro atoms. The van der Waals surface area contributed by atoms with Crippen molar-refractivity contribution in [1.82, 2.24) is 29.3 Å². The van der Waals surface area contributed by atoms with Gasteiger partial charge in [-0.1, -0.05) is 69.5 Å². The van der Waals surface area contributed by atoms with Gasteiger partial charge >= 0.3 is 11.9 Å². The van der Waals surface area contributed by atoms with Gasteiger partial charge in [-0.05, 0) is 47.9 Å². The van der Waals surface area contributed by atoms with Crippen molar-refractivity contribution in [3.05, 3.63) is 174 Å². The van der Waals surface area contributed by atoms with E-state index in [0.717, 1.165) is 26.5 Å². The molecule has 4 aromatic heterocycles. The largest absolute Gasteiger partial charge is 0.505 e. The van der Waals surface area contributed by atoms with Crippen molar-refractivity contribution in [3.63, 3.8) is 0 Å². The Labute approximate surface area is 444 Å². The fourth-order valence-corrected chi connectivity index (χ4v) is 8.52. The molecule has 0 bridgehead atoms. The fourth-order valence-electron chi connectivity index (χ4n) is 8.52. The van der Waals surface area contributed by atoms with Crippen LogP contribution in [-0.2, 0) is 43.2 Å². The molecule has 3 aliphatic rings. The number of benzene rings is 3. The van der Waals surface area contributed by atoms with Crippen molar-refractivity contribution < 1.29 is 66.6 Å². The van der Waals surface area contributed by atoms with Crippen molar-refractivity contribution >= 4 is 58.2 Å². The van der Waals surface area contributed by atoms with Crippen LogP contribution in [-0.4, -0.2) is 111 Å². The average Bonchev–Trinajstić information content (AvgIpc) is 3.62. The smallest absolute Gasteiger partial charge is 0.373 e. The minimum atomic E-state index is -1.41. The SMILES string of the molecule is C.C.CCOC(=O)c1c(OCc2ccccc2)c2ncc(Cc3ccc(F)cc3)c3c2n(c1=O)C=C(C(=O)O)O3.COCCNC(=O)c1c(O)c2ncc(Cc3ccc(F)cc3)c3c2n(c1=O)C=C(C(=O)N1CCOCC1)O3. The minimum Gasteiger partial charge on any atom is -0.505 e. The lowest BCUT2D eigenvalue weighted by Gasteiger charge is -2.29. The number of pyridine rings is 4. The highest BCUT2D eigenvalue weighted by Crippen LogP contribution is 2.41. The number of esters is 1. The van der Waals surface area contributed by atoms with E-state index in [1.165, 1.54) is 50.0 Å². The van der Waals surface area contributed by atoms with Crippen LogP contribution in [0.3, 0.4) is 0 Å². The number of halogens is 2. The van der Waals surface area contributed by atoms with Crippen LogP contribution < -0.4 is 30.6 Å². The highest BCUT2D eigenvalue weighted by molar-refractivity contribution is 6.05. The number of nitrogens with zero attached hydrogens (tertiary/aromatic N) is 5. The highest BCUT2D eigenvalue weighted by Gasteiger charge is 2.34. The summed E-state index contributed by atoms with van der Waals surface area (Å²) in [7, 11) is 1.46. The molecular weight excluding hydrogens is 1020 g/mol. The number of nitrogens with one attached hydrogen (secondary N) is 1. The zero-order valence-corrected chi connectivity index (χ0v) is 40.7. The second-order valence-corrected chi connectivity index (χ2v) is 17.1. The van der Waals surface area contributed by atoms with Gasteiger partial charge in [-0.2, -0.15) is 0 Å². The number of aromatic nitrogens is 4. The molecule has 0 saturated carbocycles. The molecule has 0 unspecified atom stereocenters. The first kappa shape index (κ1) is 56.4. The first-order chi connectivity index (χ1) is 36.8. The van der Waals surface area contributed by atoms with Crippen LogP contribution in [0.1, 0.15) is 70.3 Å². The number of amides is 2. The number of aliphatic carboxylic acids is 1. The summed E-state index contributed by atoms with van der Waals surface area (Å²) in [4.78, 5) is 88.5. The third-order valence-electron chi connectivity index (χ3n) is 12.2. The number of carboxylic acid groups (broad SMARTS) is 1. The second kappa shape index (κ2) is 24.6. The molecule has 0 atom stereocenters. The van der Waals surface area contributed by atoms with Gasteiger partial charge in [0.05, 0.1) is 38.8 Å². The molecule has 7 aromatic rings. The Kier molecular flexibility index (Phi) is 17.8. The predicted molar refractivity (Wildman–Crippen MR) is 281 cm³/mol. The molecule has 78 heavy (non-hydrogen) atoms. The lowest BCUT2D eigenvalue weighted by atomic mass is 10.0. The number of methoxy groups -OCH3 is 1. The van der Waals surface area contributed by atoms with Crippen LogP contribution in [0.4, 0.5) is 8.78 Å². The van der Waals surface area contributed by atoms with Gasteiger partial charge in [-0.3, -0.25) is 38.3 Å². The molecule has 0 aliphatic carbocycles. The first-order valence-electron chi connectivity index (χ1n) is 23.6. The van der Waals surface area contributed by atoms with Crippen molar-refractivity contribution in [2.45, 2.75) is 41.2 Å². The zero-order valence-electron chi connectivity index (χ0n) is 40.7. The minimum absolute atomic E-state index is 0. The normalized spacial score (nSPS) is 13.0. The average molecular weight is 1070 g/mol. The van der Waals surface area contributed by atoms with Crippen LogP contribution in [0.15, 0.2) is 112 Å². The van der Waals surface area contributed by atoms with Crippen LogP contribution in [0, 0.1) is 11.6 Å². The Bertz CT molecular complexity index is 3610. The Morgan fingerprint density at radius 2 is 1.27 bits per heavy atom. The summed E-state index contributed by atoms with van der Waals surface area (Å²) in [5.74, 6) is -5.57. The lowest BCUT2D eigenvalue weighted by Crippen LogP contribution is -2.43. The van der Waals surface area contributed by atoms with Gasteiger partial charge in [0.15, 0.2) is 28.6 Å². The molecule has 2 amide bonds. The van der Waals surface area contributed by atoms with E-state index in [1.54, 1.807) is 36.1 Å². The van der Waals surface area contributed by atoms with Crippen molar-refractivity contribution in [2.24, 2.45) is 0 Å². The first-order valence-corrected chi connectivity index (χ1v) is 23.6. The van der Waals surface area contributed by atoms with Crippen LogP contribution >= 0.6 is 0 Å².